The monoisotopic (exact) mass is 277 g/mol. The topological polar surface area (TPSA) is 55.4 Å². The average molecular weight is 277 g/mol. The second-order valence-corrected chi connectivity index (χ2v) is 7.36. The molecule has 1 aliphatic rings. The highest BCUT2D eigenvalue weighted by Crippen LogP contribution is 2.21. The molecule has 1 aliphatic carbocycles. The van der Waals surface area contributed by atoms with Gasteiger partial charge >= 0.3 is 0 Å². The largest absolute Gasteiger partial charge is 0.377 e. The first-order chi connectivity index (χ1) is 8.57. The van der Waals surface area contributed by atoms with Crippen LogP contribution in [-0.2, 0) is 14.6 Å². The SMILES string of the molecule is CCCS(=O)(=O)CCOC1CCC(NCC)CC1. The maximum absolute atomic E-state index is 11.5. The molecule has 0 aromatic rings. The van der Waals surface area contributed by atoms with Crippen molar-refractivity contribution in [1.29, 1.82) is 0 Å². The predicted molar refractivity (Wildman–Crippen MR) is 74.6 cm³/mol. The zero-order chi connectivity index (χ0) is 13.4. The van der Waals surface area contributed by atoms with Gasteiger partial charge in [0.25, 0.3) is 0 Å². The van der Waals surface area contributed by atoms with Gasteiger partial charge in [-0.1, -0.05) is 13.8 Å². The fourth-order valence-electron chi connectivity index (χ4n) is 2.48. The Balaban J connectivity index is 2.14. The molecule has 1 saturated carbocycles. The van der Waals surface area contributed by atoms with Gasteiger partial charge in [-0.25, -0.2) is 8.42 Å². The van der Waals surface area contributed by atoms with Gasteiger partial charge in [-0.05, 0) is 38.6 Å². The normalized spacial score (nSPS) is 25.2. The standard InChI is InChI=1S/C13H27NO3S/c1-3-10-18(15,16)11-9-17-13-7-5-12(6-8-13)14-4-2/h12-14H,3-11H2,1-2H3. The molecule has 0 aliphatic heterocycles. The highest BCUT2D eigenvalue weighted by Gasteiger charge is 2.21. The van der Waals surface area contributed by atoms with Crippen LogP contribution in [0.2, 0.25) is 0 Å². The Morgan fingerprint density at radius 3 is 2.33 bits per heavy atom. The molecule has 0 radical (unpaired) electrons. The van der Waals surface area contributed by atoms with Gasteiger partial charge in [0.2, 0.25) is 0 Å². The van der Waals surface area contributed by atoms with E-state index in [1.807, 2.05) is 6.92 Å². The van der Waals surface area contributed by atoms with E-state index < -0.39 is 9.84 Å². The van der Waals surface area contributed by atoms with Crippen LogP contribution in [0.3, 0.4) is 0 Å². The van der Waals surface area contributed by atoms with E-state index in [4.69, 9.17) is 4.74 Å². The molecular weight excluding hydrogens is 250 g/mol. The number of rotatable bonds is 8. The quantitative estimate of drug-likeness (QED) is 0.734. The van der Waals surface area contributed by atoms with Crippen molar-refractivity contribution in [3.8, 4) is 0 Å². The fourth-order valence-corrected chi connectivity index (χ4v) is 3.65. The Bertz CT molecular complexity index is 308. The van der Waals surface area contributed by atoms with Crippen molar-refractivity contribution in [3.05, 3.63) is 0 Å². The van der Waals surface area contributed by atoms with Crippen LogP contribution >= 0.6 is 0 Å². The number of nitrogens with one attached hydrogen (secondary N) is 1. The highest BCUT2D eigenvalue weighted by molar-refractivity contribution is 7.91. The van der Waals surface area contributed by atoms with E-state index in [2.05, 4.69) is 12.2 Å². The Kier molecular flexibility index (Phi) is 7.19. The molecule has 0 aromatic carbocycles. The Morgan fingerprint density at radius 1 is 1.11 bits per heavy atom. The molecule has 0 heterocycles. The van der Waals surface area contributed by atoms with Crippen molar-refractivity contribution in [2.24, 2.45) is 0 Å². The first-order valence-electron chi connectivity index (χ1n) is 7.12. The third kappa shape index (κ3) is 6.16. The number of hydrogen-bond acceptors (Lipinski definition) is 4. The summed E-state index contributed by atoms with van der Waals surface area (Å²) in [6.07, 6.45) is 5.32. The minimum atomic E-state index is -2.89. The number of ether oxygens (including phenoxy) is 1. The number of hydrogen-bond donors (Lipinski definition) is 1. The molecule has 0 amide bonds. The van der Waals surface area contributed by atoms with E-state index in [1.54, 1.807) is 0 Å². The Hall–Kier alpha value is -0.130. The number of sulfone groups is 1. The average Bonchev–Trinajstić information content (AvgIpc) is 2.31. The predicted octanol–water partition coefficient (Wildman–Crippen LogP) is 1.75. The van der Waals surface area contributed by atoms with Crippen LogP contribution in [0.5, 0.6) is 0 Å². The lowest BCUT2D eigenvalue weighted by Crippen LogP contribution is -2.35. The van der Waals surface area contributed by atoms with E-state index in [-0.39, 0.29) is 17.6 Å². The molecule has 18 heavy (non-hydrogen) atoms. The molecule has 5 heteroatoms. The maximum atomic E-state index is 11.5. The molecule has 0 spiro atoms. The third-order valence-corrected chi connectivity index (χ3v) is 5.25. The van der Waals surface area contributed by atoms with Gasteiger partial charge in [-0.3, -0.25) is 0 Å². The van der Waals surface area contributed by atoms with E-state index in [1.165, 1.54) is 0 Å². The van der Waals surface area contributed by atoms with E-state index in [9.17, 15) is 8.42 Å². The minimum absolute atomic E-state index is 0.175. The highest BCUT2D eigenvalue weighted by atomic mass is 32.2. The van der Waals surface area contributed by atoms with Gasteiger partial charge in [0, 0.05) is 11.8 Å². The van der Waals surface area contributed by atoms with Crippen LogP contribution in [0, 0.1) is 0 Å². The molecule has 0 bridgehead atoms. The van der Waals surface area contributed by atoms with Crippen molar-refractivity contribution in [2.45, 2.75) is 58.1 Å². The summed E-state index contributed by atoms with van der Waals surface area (Å²) in [5, 5.41) is 3.45. The summed E-state index contributed by atoms with van der Waals surface area (Å²) in [6, 6.07) is 0.624. The van der Waals surface area contributed by atoms with E-state index >= 15 is 0 Å². The van der Waals surface area contributed by atoms with Crippen LogP contribution in [0.25, 0.3) is 0 Å². The summed E-state index contributed by atoms with van der Waals surface area (Å²) in [4.78, 5) is 0. The molecule has 4 nitrogen and oxygen atoms in total. The second-order valence-electron chi connectivity index (χ2n) is 5.05. The van der Waals surface area contributed by atoms with Gasteiger partial charge in [0.1, 0.15) is 0 Å². The third-order valence-electron chi connectivity index (χ3n) is 3.43. The van der Waals surface area contributed by atoms with Gasteiger partial charge < -0.3 is 10.1 Å². The molecule has 0 aromatic heterocycles. The summed E-state index contributed by atoms with van der Waals surface area (Å²) in [7, 11) is -2.89. The molecule has 1 rings (SSSR count). The van der Waals surface area contributed by atoms with Crippen molar-refractivity contribution in [3.63, 3.8) is 0 Å². The van der Waals surface area contributed by atoms with E-state index in [0.29, 0.717) is 19.1 Å². The van der Waals surface area contributed by atoms with Crippen LogP contribution in [0.4, 0.5) is 0 Å². The summed E-state index contributed by atoms with van der Waals surface area (Å²) in [5.41, 5.74) is 0. The van der Waals surface area contributed by atoms with Crippen molar-refractivity contribution in [2.75, 3.05) is 24.7 Å². The molecular formula is C13H27NO3S. The van der Waals surface area contributed by atoms with Crippen LogP contribution in [0.15, 0.2) is 0 Å². The Labute approximate surface area is 111 Å². The van der Waals surface area contributed by atoms with Gasteiger partial charge in [0.05, 0.1) is 18.5 Å². The van der Waals surface area contributed by atoms with Crippen LogP contribution < -0.4 is 5.32 Å². The molecule has 1 N–H and O–H groups in total. The summed E-state index contributed by atoms with van der Waals surface area (Å²) in [6.45, 7) is 5.39. The molecule has 1 fully saturated rings. The van der Waals surface area contributed by atoms with Gasteiger partial charge in [0.15, 0.2) is 9.84 Å². The molecule has 0 atom stereocenters. The van der Waals surface area contributed by atoms with Crippen molar-refractivity contribution >= 4 is 9.84 Å². The minimum Gasteiger partial charge on any atom is -0.377 e. The van der Waals surface area contributed by atoms with Crippen LogP contribution in [0.1, 0.15) is 46.0 Å². The lowest BCUT2D eigenvalue weighted by molar-refractivity contribution is 0.0316. The first kappa shape index (κ1) is 15.9. The van der Waals surface area contributed by atoms with Crippen LogP contribution in [-0.4, -0.2) is 45.2 Å². The molecule has 0 saturated heterocycles. The zero-order valence-electron chi connectivity index (χ0n) is 11.7. The molecule has 0 unspecified atom stereocenters. The molecule has 108 valence electrons. The lowest BCUT2D eigenvalue weighted by atomic mass is 9.93. The second kappa shape index (κ2) is 8.12. The van der Waals surface area contributed by atoms with Crippen molar-refractivity contribution in [1.82, 2.24) is 5.32 Å². The van der Waals surface area contributed by atoms with Crippen molar-refractivity contribution < 1.29 is 13.2 Å². The fraction of sp³-hybridized carbons (Fsp3) is 1.00. The summed E-state index contributed by atoms with van der Waals surface area (Å²) < 4.78 is 28.7. The summed E-state index contributed by atoms with van der Waals surface area (Å²) >= 11 is 0. The lowest BCUT2D eigenvalue weighted by Gasteiger charge is -2.28. The maximum Gasteiger partial charge on any atom is 0.152 e. The first-order valence-corrected chi connectivity index (χ1v) is 8.95. The zero-order valence-corrected chi connectivity index (χ0v) is 12.5. The van der Waals surface area contributed by atoms with Gasteiger partial charge in [-0.15, -0.1) is 0 Å². The van der Waals surface area contributed by atoms with E-state index in [0.717, 1.165) is 32.2 Å². The smallest absolute Gasteiger partial charge is 0.152 e. The van der Waals surface area contributed by atoms with Gasteiger partial charge in [-0.2, -0.15) is 0 Å². The Morgan fingerprint density at radius 2 is 1.78 bits per heavy atom. The summed E-state index contributed by atoms with van der Waals surface area (Å²) in [5.74, 6) is 0.456.